The number of fused-ring (bicyclic) bond motifs is 1. The van der Waals surface area contributed by atoms with Gasteiger partial charge in [-0.3, -0.25) is 0 Å². The summed E-state index contributed by atoms with van der Waals surface area (Å²) in [4.78, 5) is 3.49. The van der Waals surface area contributed by atoms with Gasteiger partial charge in [0.2, 0.25) is 0 Å². The van der Waals surface area contributed by atoms with Gasteiger partial charge in [-0.05, 0) is 35.4 Å². The van der Waals surface area contributed by atoms with E-state index in [9.17, 15) is 0 Å². The standard InChI is InChI=1S/C24H17Cl2N/c25-21-10-4-1-7-17(21)13-15-20-19-9-3-6-12-23(19)27-24(20)16-14-18-8-2-5-11-22(18)26/h1-16,27H/b15-13+,16-14+. The minimum atomic E-state index is 0.734. The van der Waals surface area contributed by atoms with Crippen molar-refractivity contribution in [1.82, 2.24) is 4.98 Å². The fraction of sp³-hybridized carbons (Fsp3) is 0. The normalized spacial score (nSPS) is 11.8. The van der Waals surface area contributed by atoms with Crippen molar-refractivity contribution in [3.8, 4) is 0 Å². The van der Waals surface area contributed by atoms with Crippen molar-refractivity contribution in [2.24, 2.45) is 0 Å². The number of hydrogen-bond acceptors (Lipinski definition) is 0. The lowest BCUT2D eigenvalue weighted by molar-refractivity contribution is 1.42. The molecule has 27 heavy (non-hydrogen) atoms. The first kappa shape index (κ1) is 17.7. The highest BCUT2D eigenvalue weighted by Crippen LogP contribution is 2.28. The summed E-state index contributed by atoms with van der Waals surface area (Å²) < 4.78 is 0. The van der Waals surface area contributed by atoms with Crippen LogP contribution >= 0.6 is 23.2 Å². The monoisotopic (exact) mass is 389 g/mol. The highest BCUT2D eigenvalue weighted by atomic mass is 35.5. The third-order valence-electron chi connectivity index (χ3n) is 4.45. The molecule has 4 aromatic rings. The Hall–Kier alpha value is -2.74. The summed E-state index contributed by atoms with van der Waals surface area (Å²) in [6.07, 6.45) is 8.24. The SMILES string of the molecule is Clc1ccccc1/C=C/c1[nH]c2ccccc2c1/C=C/c1ccccc1Cl. The number of rotatable bonds is 4. The summed E-state index contributed by atoms with van der Waals surface area (Å²) in [5, 5.41) is 2.64. The van der Waals surface area contributed by atoms with Crippen LogP contribution in [-0.2, 0) is 0 Å². The van der Waals surface area contributed by atoms with Crippen molar-refractivity contribution in [2.45, 2.75) is 0 Å². The van der Waals surface area contributed by atoms with Crippen LogP contribution in [0.4, 0.5) is 0 Å². The molecule has 0 aliphatic carbocycles. The third-order valence-corrected chi connectivity index (χ3v) is 5.13. The average Bonchev–Trinajstić information content (AvgIpc) is 3.04. The Morgan fingerprint density at radius 2 is 1.15 bits per heavy atom. The van der Waals surface area contributed by atoms with Gasteiger partial charge in [0.15, 0.2) is 0 Å². The Kier molecular flexibility index (Phi) is 5.15. The largest absolute Gasteiger partial charge is 0.355 e. The molecule has 0 fully saturated rings. The molecule has 0 amide bonds. The molecule has 0 bridgehead atoms. The van der Waals surface area contributed by atoms with E-state index in [1.165, 1.54) is 5.39 Å². The molecule has 0 aliphatic rings. The highest BCUT2D eigenvalue weighted by molar-refractivity contribution is 6.32. The minimum Gasteiger partial charge on any atom is -0.355 e. The van der Waals surface area contributed by atoms with Crippen molar-refractivity contribution in [1.29, 1.82) is 0 Å². The van der Waals surface area contributed by atoms with Crippen LogP contribution in [0.5, 0.6) is 0 Å². The molecule has 0 aliphatic heterocycles. The Balaban J connectivity index is 1.78. The van der Waals surface area contributed by atoms with Gasteiger partial charge in [0.25, 0.3) is 0 Å². The molecule has 0 unspecified atom stereocenters. The van der Waals surface area contributed by atoms with Gasteiger partial charge < -0.3 is 4.98 Å². The summed E-state index contributed by atoms with van der Waals surface area (Å²) in [7, 11) is 0. The van der Waals surface area contributed by atoms with Crippen LogP contribution < -0.4 is 0 Å². The maximum Gasteiger partial charge on any atom is 0.0478 e. The zero-order valence-corrected chi connectivity index (χ0v) is 16.0. The van der Waals surface area contributed by atoms with Gasteiger partial charge in [-0.1, -0.05) is 96.0 Å². The van der Waals surface area contributed by atoms with Crippen molar-refractivity contribution >= 4 is 58.4 Å². The third kappa shape index (κ3) is 3.85. The molecular formula is C24H17Cl2N. The predicted octanol–water partition coefficient (Wildman–Crippen LogP) is 7.82. The molecule has 1 aromatic heterocycles. The molecule has 0 saturated carbocycles. The van der Waals surface area contributed by atoms with Gasteiger partial charge >= 0.3 is 0 Å². The lowest BCUT2D eigenvalue weighted by atomic mass is 10.1. The minimum absolute atomic E-state index is 0.734. The summed E-state index contributed by atoms with van der Waals surface area (Å²) in [5.41, 5.74) is 5.22. The van der Waals surface area contributed by atoms with Crippen LogP contribution in [0.1, 0.15) is 22.4 Å². The van der Waals surface area contributed by atoms with Gasteiger partial charge in [-0.15, -0.1) is 0 Å². The Bertz CT molecular complexity index is 1150. The van der Waals surface area contributed by atoms with Gasteiger partial charge in [0.05, 0.1) is 0 Å². The molecular weight excluding hydrogens is 373 g/mol. The van der Waals surface area contributed by atoms with Crippen LogP contribution in [-0.4, -0.2) is 4.98 Å². The van der Waals surface area contributed by atoms with Crippen LogP contribution in [0.2, 0.25) is 10.0 Å². The van der Waals surface area contributed by atoms with E-state index in [0.29, 0.717) is 0 Å². The molecule has 0 spiro atoms. The van der Waals surface area contributed by atoms with Crippen LogP contribution in [0.25, 0.3) is 35.2 Å². The summed E-state index contributed by atoms with van der Waals surface area (Å²) in [5.74, 6) is 0. The second-order valence-electron chi connectivity index (χ2n) is 6.21. The second-order valence-corrected chi connectivity index (χ2v) is 7.02. The van der Waals surface area contributed by atoms with E-state index in [4.69, 9.17) is 23.2 Å². The van der Waals surface area contributed by atoms with Gasteiger partial charge in [-0.2, -0.15) is 0 Å². The van der Waals surface area contributed by atoms with E-state index in [-0.39, 0.29) is 0 Å². The summed E-state index contributed by atoms with van der Waals surface area (Å²) in [6.45, 7) is 0. The van der Waals surface area contributed by atoms with E-state index in [1.807, 2.05) is 72.8 Å². The molecule has 1 heterocycles. The van der Waals surface area contributed by atoms with E-state index in [1.54, 1.807) is 0 Å². The Morgan fingerprint density at radius 3 is 1.81 bits per heavy atom. The van der Waals surface area contributed by atoms with E-state index in [2.05, 4.69) is 29.3 Å². The summed E-state index contributed by atoms with van der Waals surface area (Å²) >= 11 is 12.6. The first-order valence-electron chi connectivity index (χ1n) is 8.68. The van der Waals surface area contributed by atoms with E-state index >= 15 is 0 Å². The molecule has 0 saturated heterocycles. The van der Waals surface area contributed by atoms with Crippen LogP contribution in [0, 0.1) is 0 Å². The zero-order valence-electron chi connectivity index (χ0n) is 14.5. The number of para-hydroxylation sites is 1. The fourth-order valence-electron chi connectivity index (χ4n) is 3.06. The van der Waals surface area contributed by atoms with Crippen molar-refractivity contribution in [3.05, 3.63) is 105 Å². The fourth-order valence-corrected chi connectivity index (χ4v) is 3.46. The Morgan fingerprint density at radius 1 is 0.593 bits per heavy atom. The molecule has 132 valence electrons. The van der Waals surface area contributed by atoms with Crippen LogP contribution in [0.15, 0.2) is 72.8 Å². The first-order chi connectivity index (χ1) is 13.2. The Labute approximate surface area is 168 Å². The van der Waals surface area contributed by atoms with Gasteiger partial charge in [0.1, 0.15) is 0 Å². The molecule has 1 nitrogen and oxygen atoms in total. The maximum absolute atomic E-state index is 6.29. The van der Waals surface area contributed by atoms with E-state index < -0.39 is 0 Å². The number of H-pyrrole nitrogens is 1. The lowest BCUT2D eigenvalue weighted by Crippen LogP contribution is -1.79. The average molecular weight is 390 g/mol. The first-order valence-corrected chi connectivity index (χ1v) is 9.44. The number of aromatic amines is 1. The molecule has 4 rings (SSSR count). The molecule has 3 heteroatoms. The molecule has 0 radical (unpaired) electrons. The molecule has 1 N–H and O–H groups in total. The lowest BCUT2D eigenvalue weighted by Gasteiger charge is -1.99. The number of benzene rings is 3. The van der Waals surface area contributed by atoms with Crippen molar-refractivity contribution in [2.75, 3.05) is 0 Å². The van der Waals surface area contributed by atoms with E-state index in [0.717, 1.165) is 37.9 Å². The number of nitrogens with one attached hydrogen (secondary N) is 1. The summed E-state index contributed by atoms with van der Waals surface area (Å²) in [6, 6.07) is 23.9. The number of aromatic nitrogens is 1. The topological polar surface area (TPSA) is 15.8 Å². The zero-order chi connectivity index (χ0) is 18.6. The maximum atomic E-state index is 6.29. The van der Waals surface area contributed by atoms with Crippen LogP contribution in [0.3, 0.4) is 0 Å². The van der Waals surface area contributed by atoms with Gasteiger partial charge in [0, 0.05) is 32.2 Å². The molecule has 0 atom stereocenters. The highest BCUT2D eigenvalue weighted by Gasteiger charge is 2.07. The van der Waals surface area contributed by atoms with Gasteiger partial charge in [-0.25, -0.2) is 0 Å². The number of hydrogen-bond donors (Lipinski definition) is 1. The van der Waals surface area contributed by atoms with Crippen molar-refractivity contribution < 1.29 is 0 Å². The predicted molar refractivity (Wildman–Crippen MR) is 119 cm³/mol. The quantitative estimate of drug-likeness (QED) is 0.366. The molecule has 3 aromatic carbocycles. The smallest absolute Gasteiger partial charge is 0.0478 e. The number of halogens is 2. The second kappa shape index (κ2) is 7.87. The van der Waals surface area contributed by atoms with Crippen molar-refractivity contribution in [3.63, 3.8) is 0 Å².